The van der Waals surface area contributed by atoms with E-state index >= 15 is 0 Å². The van der Waals surface area contributed by atoms with E-state index in [0.717, 1.165) is 11.1 Å². The van der Waals surface area contributed by atoms with Crippen LogP contribution < -0.4 is 29.1 Å². The van der Waals surface area contributed by atoms with Crippen LogP contribution in [0.15, 0.2) is 87.8 Å². The third-order valence-electron chi connectivity index (χ3n) is 6.96. The average Bonchev–Trinajstić information content (AvgIpc) is 3.59. The van der Waals surface area contributed by atoms with Crippen LogP contribution in [-0.2, 0) is 16.1 Å². The third kappa shape index (κ3) is 5.52. The maximum absolute atomic E-state index is 13.8. The molecule has 0 radical (unpaired) electrons. The summed E-state index contributed by atoms with van der Waals surface area (Å²) in [5, 5.41) is 10.8. The second-order valence-electron chi connectivity index (χ2n) is 9.70. The number of allylic oxidation sites excluding steroid dienone is 1. The molecule has 0 aliphatic carbocycles. The number of thiazole rings is 1. The Balaban J connectivity index is 1.31. The van der Waals surface area contributed by atoms with E-state index in [4.69, 9.17) is 18.9 Å². The standard InChI is InChI=1S/C31H25N3O8S/c1-3-39-30(36)27-18(2)32-31-33(28(27)21-8-13-24-25(15-21)42-17-41-24)29(35)26(43-31)14-19-6-11-23(12-7-19)40-16-20-4-9-22(10-5-20)34(37)38/h4-15,28H,3,16-17H2,1-2H3/b26-14-. The molecule has 1 atom stereocenters. The Morgan fingerprint density at radius 3 is 2.58 bits per heavy atom. The summed E-state index contributed by atoms with van der Waals surface area (Å²) in [7, 11) is 0. The van der Waals surface area contributed by atoms with Gasteiger partial charge in [-0.3, -0.25) is 19.5 Å². The molecule has 0 amide bonds. The fourth-order valence-electron chi connectivity index (χ4n) is 4.88. The number of benzene rings is 3. The number of rotatable bonds is 8. The van der Waals surface area contributed by atoms with Crippen molar-refractivity contribution in [3.05, 3.63) is 124 Å². The number of ether oxygens (including phenoxy) is 4. The molecule has 0 bridgehead atoms. The number of esters is 1. The van der Waals surface area contributed by atoms with E-state index in [1.54, 1.807) is 56.3 Å². The molecule has 12 heteroatoms. The molecule has 2 aliphatic heterocycles. The van der Waals surface area contributed by atoms with Gasteiger partial charge in [-0.05, 0) is 73.0 Å². The predicted molar refractivity (Wildman–Crippen MR) is 157 cm³/mol. The molecule has 3 aromatic carbocycles. The van der Waals surface area contributed by atoms with Gasteiger partial charge in [0.05, 0.1) is 33.4 Å². The van der Waals surface area contributed by atoms with Gasteiger partial charge in [-0.2, -0.15) is 0 Å². The summed E-state index contributed by atoms with van der Waals surface area (Å²) in [5.41, 5.74) is 2.73. The fraction of sp³-hybridized carbons (Fsp3) is 0.194. The Labute approximate surface area is 248 Å². The smallest absolute Gasteiger partial charge is 0.338 e. The van der Waals surface area contributed by atoms with E-state index in [0.29, 0.717) is 37.8 Å². The first kappa shape index (κ1) is 27.9. The Bertz CT molecular complexity index is 1940. The van der Waals surface area contributed by atoms with E-state index < -0.39 is 16.9 Å². The van der Waals surface area contributed by atoms with Crippen LogP contribution in [0, 0.1) is 10.1 Å². The second kappa shape index (κ2) is 11.6. The van der Waals surface area contributed by atoms with Gasteiger partial charge in [-0.25, -0.2) is 9.79 Å². The van der Waals surface area contributed by atoms with Crippen LogP contribution in [0.25, 0.3) is 6.08 Å². The normalized spacial score (nSPS) is 15.6. The summed E-state index contributed by atoms with van der Waals surface area (Å²) < 4.78 is 24.2. The minimum absolute atomic E-state index is 0.0212. The fourth-order valence-corrected chi connectivity index (χ4v) is 5.93. The van der Waals surface area contributed by atoms with Crippen molar-refractivity contribution in [2.45, 2.75) is 26.5 Å². The van der Waals surface area contributed by atoms with Crippen LogP contribution in [0.4, 0.5) is 5.69 Å². The topological polar surface area (TPSA) is 131 Å². The number of fused-ring (bicyclic) bond motifs is 2. The molecule has 3 heterocycles. The number of hydrogen-bond acceptors (Lipinski definition) is 10. The van der Waals surface area contributed by atoms with Gasteiger partial charge >= 0.3 is 5.97 Å². The number of carbonyl (C=O) groups is 1. The van der Waals surface area contributed by atoms with Gasteiger partial charge in [0.2, 0.25) is 6.79 Å². The molecule has 2 aliphatic rings. The van der Waals surface area contributed by atoms with Crippen LogP contribution in [0.3, 0.4) is 0 Å². The van der Waals surface area contributed by atoms with E-state index in [1.165, 1.54) is 28.0 Å². The lowest BCUT2D eigenvalue weighted by Gasteiger charge is -2.24. The number of aromatic nitrogens is 1. The zero-order valence-corrected chi connectivity index (χ0v) is 24.0. The minimum Gasteiger partial charge on any atom is -0.489 e. The number of nitro benzene ring substituents is 1. The molecule has 1 unspecified atom stereocenters. The van der Waals surface area contributed by atoms with Gasteiger partial charge in [0.1, 0.15) is 12.4 Å². The number of nitrogens with zero attached hydrogens (tertiary/aromatic N) is 3. The first-order valence-electron chi connectivity index (χ1n) is 13.4. The summed E-state index contributed by atoms with van der Waals surface area (Å²) in [6.45, 7) is 3.99. The molecule has 6 rings (SSSR count). The number of nitro groups is 1. The van der Waals surface area contributed by atoms with Crippen LogP contribution in [0.5, 0.6) is 17.2 Å². The molecule has 218 valence electrons. The van der Waals surface area contributed by atoms with Gasteiger partial charge in [0.15, 0.2) is 16.3 Å². The van der Waals surface area contributed by atoms with Crippen molar-refractivity contribution in [3.63, 3.8) is 0 Å². The number of carbonyl (C=O) groups excluding carboxylic acids is 1. The van der Waals surface area contributed by atoms with Crippen LogP contribution >= 0.6 is 11.3 Å². The van der Waals surface area contributed by atoms with Crippen LogP contribution in [0.1, 0.15) is 36.6 Å². The predicted octanol–water partition coefficient (Wildman–Crippen LogP) is 4.01. The van der Waals surface area contributed by atoms with Crippen molar-refractivity contribution in [3.8, 4) is 17.2 Å². The maximum atomic E-state index is 13.8. The minimum atomic E-state index is -0.762. The van der Waals surface area contributed by atoms with Crippen molar-refractivity contribution in [2.75, 3.05) is 13.4 Å². The van der Waals surface area contributed by atoms with E-state index in [1.807, 2.05) is 18.2 Å². The van der Waals surface area contributed by atoms with Crippen LogP contribution in [-0.4, -0.2) is 28.9 Å². The summed E-state index contributed by atoms with van der Waals surface area (Å²) in [4.78, 5) is 42.4. The molecule has 0 spiro atoms. The molecule has 0 fully saturated rings. The molecule has 0 saturated carbocycles. The summed E-state index contributed by atoms with van der Waals surface area (Å²) in [6, 6.07) is 18.0. The highest BCUT2D eigenvalue weighted by Gasteiger charge is 2.34. The van der Waals surface area contributed by atoms with Crippen molar-refractivity contribution in [1.82, 2.24) is 4.57 Å². The Morgan fingerprint density at radius 1 is 1.12 bits per heavy atom. The van der Waals surface area contributed by atoms with Gasteiger partial charge in [-0.1, -0.05) is 29.5 Å². The monoisotopic (exact) mass is 599 g/mol. The molecule has 1 aromatic heterocycles. The zero-order chi connectivity index (χ0) is 30.1. The molecular weight excluding hydrogens is 574 g/mol. The number of non-ortho nitro benzene ring substituents is 1. The lowest BCUT2D eigenvalue weighted by molar-refractivity contribution is -0.384. The van der Waals surface area contributed by atoms with Crippen molar-refractivity contribution in [1.29, 1.82) is 0 Å². The molecule has 4 aromatic rings. The van der Waals surface area contributed by atoms with Crippen molar-refractivity contribution >= 4 is 29.1 Å². The first-order chi connectivity index (χ1) is 20.8. The molecule has 0 saturated heterocycles. The van der Waals surface area contributed by atoms with Gasteiger partial charge < -0.3 is 18.9 Å². The van der Waals surface area contributed by atoms with Gasteiger partial charge in [0, 0.05) is 12.1 Å². The molecule has 11 nitrogen and oxygen atoms in total. The Morgan fingerprint density at radius 2 is 1.86 bits per heavy atom. The third-order valence-corrected chi connectivity index (χ3v) is 7.94. The average molecular weight is 600 g/mol. The second-order valence-corrected chi connectivity index (χ2v) is 10.7. The SMILES string of the molecule is CCOC(=O)C1=C(C)N=c2s/c(=C\c3ccc(OCc4ccc([N+](=O)[O-])cc4)cc3)c(=O)n2C1c1ccc2c(c1)OCO2. The lowest BCUT2D eigenvalue weighted by atomic mass is 9.95. The molecule has 0 N–H and O–H groups in total. The Hall–Kier alpha value is -5.23. The lowest BCUT2D eigenvalue weighted by Crippen LogP contribution is -2.39. The maximum Gasteiger partial charge on any atom is 0.338 e. The Kier molecular flexibility index (Phi) is 7.51. The van der Waals surface area contributed by atoms with E-state index in [-0.39, 0.29) is 36.8 Å². The van der Waals surface area contributed by atoms with Gasteiger partial charge in [0.25, 0.3) is 11.2 Å². The zero-order valence-electron chi connectivity index (χ0n) is 23.1. The summed E-state index contributed by atoms with van der Waals surface area (Å²) >= 11 is 1.23. The molecular formula is C31H25N3O8S. The van der Waals surface area contributed by atoms with Crippen molar-refractivity contribution < 1.29 is 28.7 Å². The van der Waals surface area contributed by atoms with Crippen molar-refractivity contribution in [2.24, 2.45) is 4.99 Å². The quantitative estimate of drug-likeness (QED) is 0.169. The summed E-state index contributed by atoms with van der Waals surface area (Å²) in [6.07, 6.45) is 1.77. The largest absolute Gasteiger partial charge is 0.489 e. The first-order valence-corrected chi connectivity index (χ1v) is 14.2. The van der Waals surface area contributed by atoms with E-state index in [2.05, 4.69) is 4.99 Å². The van der Waals surface area contributed by atoms with Gasteiger partial charge in [-0.15, -0.1) is 0 Å². The van der Waals surface area contributed by atoms with E-state index in [9.17, 15) is 19.7 Å². The van der Waals surface area contributed by atoms with Crippen LogP contribution in [0.2, 0.25) is 0 Å². The highest BCUT2D eigenvalue weighted by Crippen LogP contribution is 2.38. The summed E-state index contributed by atoms with van der Waals surface area (Å²) in [5.74, 6) is 1.20. The molecule has 43 heavy (non-hydrogen) atoms. The highest BCUT2D eigenvalue weighted by atomic mass is 32.1. The highest BCUT2D eigenvalue weighted by molar-refractivity contribution is 7.07. The number of hydrogen-bond donors (Lipinski definition) is 0.